The summed E-state index contributed by atoms with van der Waals surface area (Å²) in [6, 6.07) is 7.95. The van der Waals surface area contributed by atoms with Crippen molar-refractivity contribution in [1.29, 1.82) is 0 Å². The summed E-state index contributed by atoms with van der Waals surface area (Å²) in [5, 5.41) is 4.18. The summed E-state index contributed by atoms with van der Waals surface area (Å²) in [7, 11) is 0. The third-order valence-electron chi connectivity index (χ3n) is 3.93. The van der Waals surface area contributed by atoms with Gasteiger partial charge in [-0.25, -0.2) is 0 Å². The molecule has 19 heavy (non-hydrogen) atoms. The van der Waals surface area contributed by atoms with E-state index in [2.05, 4.69) is 31.1 Å². The number of aromatic amines is 1. The van der Waals surface area contributed by atoms with E-state index in [1.165, 1.54) is 0 Å². The SMILES string of the molecule is CCC(CC)C(C)NC(=O)c1ccc2[nH]ccc2c1. The van der Waals surface area contributed by atoms with E-state index in [1.54, 1.807) is 0 Å². The molecule has 2 aromatic rings. The Bertz CT molecular complexity index is 555. The molecule has 0 fully saturated rings. The van der Waals surface area contributed by atoms with Crippen molar-refractivity contribution in [3.05, 3.63) is 36.0 Å². The Morgan fingerprint density at radius 2 is 2.00 bits per heavy atom. The van der Waals surface area contributed by atoms with Gasteiger partial charge in [-0.1, -0.05) is 26.7 Å². The van der Waals surface area contributed by atoms with Crippen LogP contribution < -0.4 is 5.32 Å². The lowest BCUT2D eigenvalue weighted by atomic mass is 9.95. The van der Waals surface area contributed by atoms with E-state index in [1.807, 2.05) is 30.5 Å². The lowest BCUT2D eigenvalue weighted by Gasteiger charge is -2.22. The van der Waals surface area contributed by atoms with E-state index >= 15 is 0 Å². The molecular weight excluding hydrogens is 236 g/mol. The zero-order chi connectivity index (χ0) is 13.8. The van der Waals surface area contributed by atoms with Crippen LogP contribution in [0.1, 0.15) is 44.0 Å². The quantitative estimate of drug-likeness (QED) is 0.843. The second-order valence-corrected chi connectivity index (χ2v) is 5.12. The van der Waals surface area contributed by atoms with E-state index in [4.69, 9.17) is 0 Å². The molecule has 1 unspecified atom stereocenters. The standard InChI is InChI=1S/C16H22N2O/c1-4-12(5-2)11(3)18-16(19)14-6-7-15-13(10-14)8-9-17-15/h6-12,17H,4-5H2,1-3H3,(H,18,19). The summed E-state index contributed by atoms with van der Waals surface area (Å²) >= 11 is 0. The number of hydrogen-bond donors (Lipinski definition) is 2. The first-order valence-electron chi connectivity index (χ1n) is 7.03. The third-order valence-corrected chi connectivity index (χ3v) is 3.93. The summed E-state index contributed by atoms with van der Waals surface area (Å²) in [5.41, 5.74) is 1.79. The molecule has 0 saturated heterocycles. The van der Waals surface area contributed by atoms with Crippen molar-refractivity contribution < 1.29 is 4.79 Å². The molecular formula is C16H22N2O. The number of rotatable bonds is 5. The number of carbonyl (C=O) groups is 1. The summed E-state index contributed by atoms with van der Waals surface area (Å²) in [4.78, 5) is 15.4. The minimum Gasteiger partial charge on any atom is -0.361 e. The van der Waals surface area contributed by atoms with Crippen molar-refractivity contribution in [3.8, 4) is 0 Å². The Kier molecular flexibility index (Phi) is 4.25. The van der Waals surface area contributed by atoms with Gasteiger partial charge in [0.2, 0.25) is 0 Å². The highest BCUT2D eigenvalue weighted by Gasteiger charge is 2.16. The number of nitrogens with one attached hydrogen (secondary N) is 2. The van der Waals surface area contributed by atoms with E-state index in [0.29, 0.717) is 5.92 Å². The average Bonchev–Trinajstić information content (AvgIpc) is 2.87. The Hall–Kier alpha value is -1.77. The molecule has 2 rings (SSSR count). The molecule has 1 atom stereocenters. The Balaban J connectivity index is 2.10. The van der Waals surface area contributed by atoms with Crippen LogP contribution in [0.5, 0.6) is 0 Å². The van der Waals surface area contributed by atoms with Gasteiger partial charge in [0.1, 0.15) is 0 Å². The van der Waals surface area contributed by atoms with Gasteiger partial charge in [0.05, 0.1) is 0 Å². The van der Waals surface area contributed by atoms with Crippen LogP contribution in [-0.2, 0) is 0 Å². The molecule has 0 bridgehead atoms. The topological polar surface area (TPSA) is 44.9 Å². The molecule has 1 amide bonds. The van der Waals surface area contributed by atoms with Crippen LogP contribution in [0.3, 0.4) is 0 Å². The molecule has 0 spiro atoms. The summed E-state index contributed by atoms with van der Waals surface area (Å²) < 4.78 is 0. The van der Waals surface area contributed by atoms with Crippen molar-refractivity contribution in [3.63, 3.8) is 0 Å². The smallest absolute Gasteiger partial charge is 0.251 e. The maximum absolute atomic E-state index is 12.2. The number of benzene rings is 1. The van der Waals surface area contributed by atoms with Crippen molar-refractivity contribution in [2.24, 2.45) is 5.92 Å². The molecule has 1 aromatic carbocycles. The van der Waals surface area contributed by atoms with Gasteiger partial charge in [-0.3, -0.25) is 4.79 Å². The van der Waals surface area contributed by atoms with Gasteiger partial charge in [0.15, 0.2) is 0 Å². The zero-order valence-electron chi connectivity index (χ0n) is 11.9. The molecule has 1 heterocycles. The van der Waals surface area contributed by atoms with E-state index < -0.39 is 0 Å². The number of carbonyl (C=O) groups excluding carboxylic acids is 1. The normalized spacial score (nSPS) is 12.8. The van der Waals surface area contributed by atoms with Crippen molar-refractivity contribution in [1.82, 2.24) is 10.3 Å². The second-order valence-electron chi connectivity index (χ2n) is 5.12. The fraction of sp³-hybridized carbons (Fsp3) is 0.438. The number of hydrogen-bond acceptors (Lipinski definition) is 1. The Morgan fingerprint density at radius 1 is 1.26 bits per heavy atom. The molecule has 1 aromatic heterocycles. The first kappa shape index (κ1) is 13.7. The predicted octanol–water partition coefficient (Wildman–Crippen LogP) is 3.72. The van der Waals surface area contributed by atoms with Crippen LogP contribution >= 0.6 is 0 Å². The minimum atomic E-state index is 0.0162. The summed E-state index contributed by atoms with van der Waals surface area (Å²) in [6.07, 6.45) is 4.07. The van der Waals surface area contributed by atoms with Crippen molar-refractivity contribution >= 4 is 16.8 Å². The van der Waals surface area contributed by atoms with Gasteiger partial charge in [0, 0.05) is 28.7 Å². The average molecular weight is 258 g/mol. The van der Waals surface area contributed by atoms with Crippen LogP contribution in [0.15, 0.2) is 30.5 Å². The van der Waals surface area contributed by atoms with E-state index in [9.17, 15) is 4.79 Å². The predicted molar refractivity (Wildman–Crippen MR) is 79.3 cm³/mol. The molecule has 3 nitrogen and oxygen atoms in total. The fourth-order valence-electron chi connectivity index (χ4n) is 2.60. The number of H-pyrrole nitrogens is 1. The minimum absolute atomic E-state index is 0.0162. The van der Waals surface area contributed by atoms with Crippen molar-refractivity contribution in [2.75, 3.05) is 0 Å². The van der Waals surface area contributed by atoms with Gasteiger partial charge in [0.25, 0.3) is 5.91 Å². The Morgan fingerprint density at radius 3 is 2.68 bits per heavy atom. The Labute approximate surface area is 114 Å². The van der Waals surface area contributed by atoms with Crippen LogP contribution in [0.25, 0.3) is 10.9 Å². The molecule has 3 heteroatoms. The number of fused-ring (bicyclic) bond motifs is 1. The van der Waals surface area contributed by atoms with E-state index in [-0.39, 0.29) is 11.9 Å². The fourth-order valence-corrected chi connectivity index (χ4v) is 2.60. The molecule has 0 saturated carbocycles. The highest BCUT2D eigenvalue weighted by molar-refractivity contribution is 5.98. The summed E-state index contributed by atoms with van der Waals surface area (Å²) in [5.74, 6) is 0.558. The maximum atomic E-state index is 12.2. The van der Waals surface area contributed by atoms with Gasteiger partial charge in [-0.05, 0) is 37.1 Å². The zero-order valence-corrected chi connectivity index (χ0v) is 11.9. The summed E-state index contributed by atoms with van der Waals surface area (Å²) in [6.45, 7) is 6.43. The molecule has 0 aliphatic rings. The van der Waals surface area contributed by atoms with Gasteiger partial charge < -0.3 is 10.3 Å². The first-order valence-corrected chi connectivity index (χ1v) is 7.03. The molecule has 0 aliphatic heterocycles. The molecule has 0 aliphatic carbocycles. The maximum Gasteiger partial charge on any atom is 0.251 e. The number of aromatic nitrogens is 1. The van der Waals surface area contributed by atoms with Crippen molar-refractivity contribution in [2.45, 2.75) is 39.7 Å². The lowest BCUT2D eigenvalue weighted by molar-refractivity contribution is 0.0925. The van der Waals surface area contributed by atoms with Crippen LogP contribution in [0.2, 0.25) is 0 Å². The third kappa shape index (κ3) is 2.98. The van der Waals surface area contributed by atoms with Gasteiger partial charge in [-0.2, -0.15) is 0 Å². The highest BCUT2D eigenvalue weighted by Crippen LogP contribution is 2.16. The highest BCUT2D eigenvalue weighted by atomic mass is 16.1. The monoisotopic (exact) mass is 258 g/mol. The molecule has 0 radical (unpaired) electrons. The second kappa shape index (κ2) is 5.91. The van der Waals surface area contributed by atoms with E-state index in [0.717, 1.165) is 29.3 Å². The van der Waals surface area contributed by atoms with Gasteiger partial charge >= 0.3 is 0 Å². The van der Waals surface area contributed by atoms with Crippen LogP contribution in [0.4, 0.5) is 0 Å². The van der Waals surface area contributed by atoms with Crippen LogP contribution in [-0.4, -0.2) is 16.9 Å². The number of amides is 1. The van der Waals surface area contributed by atoms with Crippen LogP contribution in [0, 0.1) is 5.92 Å². The lowest BCUT2D eigenvalue weighted by Crippen LogP contribution is -2.37. The van der Waals surface area contributed by atoms with Gasteiger partial charge in [-0.15, -0.1) is 0 Å². The molecule has 2 N–H and O–H groups in total. The molecule has 102 valence electrons. The first-order chi connectivity index (χ1) is 9.15. The largest absolute Gasteiger partial charge is 0.361 e.